The van der Waals surface area contributed by atoms with E-state index in [-0.39, 0.29) is 11.5 Å². The lowest BCUT2D eigenvalue weighted by Crippen LogP contribution is -2.60. The number of aliphatic hydroxyl groups is 5. The monoisotopic (exact) mass is 430 g/mol. The van der Waals surface area contributed by atoms with E-state index in [1.165, 1.54) is 25.3 Å². The van der Waals surface area contributed by atoms with Crippen molar-refractivity contribution in [2.75, 3.05) is 26.9 Å². The summed E-state index contributed by atoms with van der Waals surface area (Å²) < 4.78 is 20.4. The Bertz CT molecular complexity index is 720. The minimum absolute atomic E-state index is 0.0478. The van der Waals surface area contributed by atoms with Crippen LogP contribution in [0.4, 0.5) is 0 Å². The summed E-state index contributed by atoms with van der Waals surface area (Å²) in [4.78, 5) is 11.9. The molecule has 1 aliphatic rings. The zero-order chi connectivity index (χ0) is 22.3. The molecule has 11 nitrogen and oxygen atoms in total. The third kappa shape index (κ3) is 6.12. The molecule has 0 unspecified atom stereocenters. The fourth-order valence-corrected chi connectivity index (χ4v) is 2.69. The smallest absolute Gasteiger partial charge is 0.330 e. The second kappa shape index (κ2) is 11.2. The molecule has 168 valence electrons. The molecule has 0 bridgehead atoms. The first-order chi connectivity index (χ1) is 14.3. The van der Waals surface area contributed by atoms with Crippen molar-refractivity contribution in [3.8, 4) is 11.5 Å². The number of carbonyl (C=O) groups excluding carboxylic acids is 1. The number of phenols is 1. The van der Waals surface area contributed by atoms with Gasteiger partial charge in [-0.05, 0) is 23.8 Å². The highest BCUT2D eigenvalue weighted by Crippen LogP contribution is 2.27. The fourth-order valence-electron chi connectivity index (χ4n) is 2.69. The number of esters is 1. The topological polar surface area (TPSA) is 175 Å². The van der Waals surface area contributed by atoms with E-state index in [4.69, 9.17) is 18.9 Å². The van der Waals surface area contributed by atoms with Crippen molar-refractivity contribution in [3.05, 3.63) is 29.8 Å². The number of benzene rings is 1. The summed E-state index contributed by atoms with van der Waals surface area (Å²) >= 11 is 0. The van der Waals surface area contributed by atoms with Crippen molar-refractivity contribution in [3.63, 3.8) is 0 Å². The average molecular weight is 430 g/mol. The van der Waals surface area contributed by atoms with Crippen LogP contribution in [0.25, 0.3) is 6.08 Å². The van der Waals surface area contributed by atoms with E-state index in [1.54, 1.807) is 6.07 Å². The molecule has 0 aromatic heterocycles. The molecule has 1 aliphatic heterocycles. The van der Waals surface area contributed by atoms with Gasteiger partial charge < -0.3 is 49.6 Å². The maximum absolute atomic E-state index is 11.9. The highest BCUT2D eigenvalue weighted by atomic mass is 16.7. The molecule has 0 radical (unpaired) electrons. The molecule has 11 heteroatoms. The Morgan fingerprint density at radius 1 is 1.20 bits per heavy atom. The van der Waals surface area contributed by atoms with Gasteiger partial charge in [0.05, 0.1) is 20.3 Å². The number of phenolic OH excluding ortho intramolecular Hbond substituents is 1. The molecule has 0 aliphatic carbocycles. The molecular formula is C19H26O11. The molecule has 30 heavy (non-hydrogen) atoms. The van der Waals surface area contributed by atoms with E-state index in [1.807, 2.05) is 0 Å². The van der Waals surface area contributed by atoms with Gasteiger partial charge in [-0.3, -0.25) is 0 Å². The lowest BCUT2D eigenvalue weighted by atomic mass is 9.99. The van der Waals surface area contributed by atoms with Crippen LogP contribution in [0.15, 0.2) is 24.3 Å². The van der Waals surface area contributed by atoms with Crippen LogP contribution in [-0.2, 0) is 19.0 Å². The van der Waals surface area contributed by atoms with Crippen molar-refractivity contribution in [1.82, 2.24) is 0 Å². The van der Waals surface area contributed by atoms with E-state index >= 15 is 0 Å². The van der Waals surface area contributed by atoms with Crippen molar-refractivity contribution in [2.24, 2.45) is 0 Å². The number of hydrogen-bond donors (Lipinski definition) is 6. The summed E-state index contributed by atoms with van der Waals surface area (Å²) in [7, 11) is 1.39. The average Bonchev–Trinajstić information content (AvgIpc) is 2.75. The minimum atomic E-state index is -1.64. The van der Waals surface area contributed by atoms with E-state index in [2.05, 4.69) is 0 Å². The Morgan fingerprint density at radius 3 is 2.57 bits per heavy atom. The van der Waals surface area contributed by atoms with E-state index in [0.717, 1.165) is 6.08 Å². The van der Waals surface area contributed by atoms with E-state index < -0.39 is 62.6 Å². The molecule has 6 atom stereocenters. The summed E-state index contributed by atoms with van der Waals surface area (Å²) in [5.74, 6) is -0.565. The zero-order valence-electron chi connectivity index (χ0n) is 16.2. The summed E-state index contributed by atoms with van der Waals surface area (Å²) in [5.41, 5.74) is 0.567. The second-order valence-corrected chi connectivity index (χ2v) is 6.53. The fraction of sp³-hybridized carbons (Fsp3) is 0.526. The van der Waals surface area contributed by atoms with Gasteiger partial charge in [0.15, 0.2) is 17.8 Å². The first kappa shape index (κ1) is 24.0. The van der Waals surface area contributed by atoms with Crippen molar-refractivity contribution in [2.45, 2.75) is 36.8 Å². The van der Waals surface area contributed by atoms with E-state index in [0.29, 0.717) is 5.56 Å². The van der Waals surface area contributed by atoms with Crippen LogP contribution in [0.2, 0.25) is 0 Å². The highest BCUT2D eigenvalue weighted by Gasteiger charge is 2.44. The second-order valence-electron chi connectivity index (χ2n) is 6.53. The number of aromatic hydroxyl groups is 1. The standard InChI is InChI=1S/C19H26O11/c1-27-13-6-10(2-4-12(13)22)3-5-15(23)28-9-11(7-20)29-19-18(26)17(25)16(24)14(8-21)30-19/h2-6,11,14,16-22,24-26H,7-9H2,1H3/b5-3+/t11-,14+,16+,17-,18+,19+/m0/s1. The van der Waals surface area contributed by atoms with Crippen molar-refractivity contribution >= 4 is 12.0 Å². The third-order valence-corrected chi connectivity index (χ3v) is 4.41. The molecule has 1 heterocycles. The number of ether oxygens (including phenoxy) is 4. The van der Waals surface area contributed by atoms with Gasteiger partial charge in [0.25, 0.3) is 0 Å². The number of methoxy groups -OCH3 is 1. The molecule has 1 saturated heterocycles. The van der Waals surface area contributed by atoms with Crippen LogP contribution in [-0.4, -0.2) is 100 Å². The summed E-state index contributed by atoms with van der Waals surface area (Å²) in [6.07, 6.45) is -6.00. The SMILES string of the molecule is COc1cc(/C=C/C(=O)OC[C@H](CO)O[C@@H]2O[C@H](CO)[C@@H](O)[C@H](O)[C@H]2O)ccc1O. The van der Waals surface area contributed by atoms with Gasteiger partial charge >= 0.3 is 5.97 Å². The molecule has 0 amide bonds. The Labute approximate surface area is 172 Å². The Balaban J connectivity index is 1.89. The first-order valence-corrected chi connectivity index (χ1v) is 9.09. The summed E-state index contributed by atoms with van der Waals surface area (Å²) in [5, 5.41) is 57.6. The third-order valence-electron chi connectivity index (χ3n) is 4.41. The van der Waals surface area contributed by atoms with Crippen LogP contribution in [0, 0.1) is 0 Å². The van der Waals surface area contributed by atoms with Gasteiger partial charge in [-0.2, -0.15) is 0 Å². The number of hydrogen-bond acceptors (Lipinski definition) is 11. The first-order valence-electron chi connectivity index (χ1n) is 9.09. The lowest BCUT2D eigenvalue weighted by Gasteiger charge is -2.40. The maximum Gasteiger partial charge on any atom is 0.330 e. The van der Waals surface area contributed by atoms with Crippen LogP contribution in [0.5, 0.6) is 11.5 Å². The number of rotatable bonds is 9. The van der Waals surface area contributed by atoms with Crippen LogP contribution in [0.3, 0.4) is 0 Å². The number of aliphatic hydroxyl groups excluding tert-OH is 5. The predicted molar refractivity (Wildman–Crippen MR) is 100 cm³/mol. The highest BCUT2D eigenvalue weighted by molar-refractivity contribution is 5.87. The quantitative estimate of drug-likeness (QED) is 0.191. The molecule has 2 rings (SSSR count). The van der Waals surface area contributed by atoms with Gasteiger partial charge in [-0.15, -0.1) is 0 Å². The maximum atomic E-state index is 11.9. The Kier molecular flexibility index (Phi) is 8.99. The van der Waals surface area contributed by atoms with Gasteiger partial charge in [-0.25, -0.2) is 4.79 Å². The molecule has 6 N–H and O–H groups in total. The minimum Gasteiger partial charge on any atom is -0.504 e. The molecule has 1 fully saturated rings. The molecule has 1 aromatic rings. The molecule has 0 spiro atoms. The van der Waals surface area contributed by atoms with Crippen LogP contribution in [0.1, 0.15) is 5.56 Å². The lowest BCUT2D eigenvalue weighted by molar-refractivity contribution is -0.315. The predicted octanol–water partition coefficient (Wildman–Crippen LogP) is -1.87. The Morgan fingerprint density at radius 2 is 1.93 bits per heavy atom. The van der Waals surface area contributed by atoms with E-state index in [9.17, 15) is 35.4 Å². The normalized spacial score (nSPS) is 27.7. The van der Waals surface area contributed by atoms with Crippen LogP contribution < -0.4 is 4.74 Å². The molecule has 1 aromatic carbocycles. The van der Waals surface area contributed by atoms with Crippen LogP contribution >= 0.6 is 0 Å². The molecular weight excluding hydrogens is 404 g/mol. The zero-order valence-corrected chi connectivity index (χ0v) is 16.2. The van der Waals surface area contributed by atoms with Crippen molar-refractivity contribution < 1.29 is 54.4 Å². The van der Waals surface area contributed by atoms with Crippen molar-refractivity contribution in [1.29, 1.82) is 0 Å². The number of carbonyl (C=O) groups is 1. The molecule has 0 saturated carbocycles. The largest absolute Gasteiger partial charge is 0.504 e. The summed E-state index contributed by atoms with van der Waals surface area (Å²) in [6, 6.07) is 4.47. The van der Waals surface area contributed by atoms with Gasteiger partial charge in [0.1, 0.15) is 37.1 Å². The van der Waals surface area contributed by atoms with Gasteiger partial charge in [0.2, 0.25) is 0 Å². The summed E-state index contributed by atoms with van der Waals surface area (Å²) in [6.45, 7) is -1.62. The van der Waals surface area contributed by atoms with Gasteiger partial charge in [0, 0.05) is 6.08 Å². The van der Waals surface area contributed by atoms with Gasteiger partial charge in [-0.1, -0.05) is 6.07 Å². The Hall–Kier alpha value is -2.25.